The minimum Gasteiger partial charge on any atom is -0.491 e. The van der Waals surface area contributed by atoms with Gasteiger partial charge in [-0.15, -0.1) is 0 Å². The van der Waals surface area contributed by atoms with Crippen molar-refractivity contribution in [3.63, 3.8) is 0 Å². The van der Waals surface area contributed by atoms with Gasteiger partial charge in [-0.25, -0.2) is 0 Å². The standard InChI is InChI=1S/C22H28N2O2S/c1-5-15(3)19-9-7-8-10-20(19)23-22(27)24-21(25)17-11-13-18(14-12-17)26-16(4)6-2/h7-16H,5-6H2,1-4H3,(H2,23,24,25,27)/t15-,16+/m1/s1. The van der Waals surface area contributed by atoms with Crippen LogP contribution in [-0.4, -0.2) is 17.1 Å². The van der Waals surface area contributed by atoms with Crippen molar-refractivity contribution in [1.82, 2.24) is 5.32 Å². The molecule has 0 saturated heterocycles. The summed E-state index contributed by atoms with van der Waals surface area (Å²) in [4.78, 5) is 12.4. The lowest BCUT2D eigenvalue weighted by Crippen LogP contribution is -2.34. The van der Waals surface area contributed by atoms with E-state index in [9.17, 15) is 4.79 Å². The van der Waals surface area contributed by atoms with Crippen LogP contribution in [0.3, 0.4) is 0 Å². The first-order valence-corrected chi connectivity index (χ1v) is 9.83. The summed E-state index contributed by atoms with van der Waals surface area (Å²) in [5.74, 6) is 0.915. The summed E-state index contributed by atoms with van der Waals surface area (Å²) < 4.78 is 5.73. The van der Waals surface area contributed by atoms with Crippen LogP contribution in [0.1, 0.15) is 62.4 Å². The van der Waals surface area contributed by atoms with Crippen molar-refractivity contribution in [1.29, 1.82) is 0 Å². The fourth-order valence-electron chi connectivity index (χ4n) is 2.59. The van der Waals surface area contributed by atoms with Crippen LogP contribution in [0.5, 0.6) is 5.75 Å². The summed E-state index contributed by atoms with van der Waals surface area (Å²) in [5.41, 5.74) is 2.64. The number of carbonyl (C=O) groups excluding carboxylic acids is 1. The molecule has 27 heavy (non-hydrogen) atoms. The molecule has 0 bridgehead atoms. The highest BCUT2D eigenvalue weighted by Gasteiger charge is 2.12. The molecule has 0 aromatic heterocycles. The fourth-order valence-corrected chi connectivity index (χ4v) is 2.79. The summed E-state index contributed by atoms with van der Waals surface area (Å²) in [6.45, 7) is 8.41. The van der Waals surface area contributed by atoms with Gasteiger partial charge in [0.25, 0.3) is 5.91 Å². The summed E-state index contributed by atoms with van der Waals surface area (Å²) >= 11 is 5.33. The Kier molecular flexibility index (Phi) is 7.80. The van der Waals surface area contributed by atoms with Crippen LogP contribution in [0, 0.1) is 0 Å². The van der Waals surface area contributed by atoms with Gasteiger partial charge in [-0.3, -0.25) is 10.1 Å². The Labute approximate surface area is 167 Å². The van der Waals surface area contributed by atoms with E-state index in [1.165, 1.54) is 5.56 Å². The SMILES string of the molecule is CC[C@@H](C)c1ccccc1NC(=S)NC(=O)c1ccc(O[C@@H](C)CC)cc1. The normalized spacial score (nSPS) is 12.7. The topological polar surface area (TPSA) is 50.4 Å². The van der Waals surface area contributed by atoms with Gasteiger partial charge in [0.05, 0.1) is 6.10 Å². The molecule has 2 N–H and O–H groups in total. The second-order valence-corrected chi connectivity index (χ2v) is 7.07. The number of thiocarbonyl (C=S) groups is 1. The Hall–Kier alpha value is -2.40. The third-order valence-electron chi connectivity index (χ3n) is 4.61. The van der Waals surface area contributed by atoms with Crippen LogP contribution >= 0.6 is 12.2 Å². The second kappa shape index (κ2) is 10.1. The highest BCUT2D eigenvalue weighted by Crippen LogP contribution is 2.26. The van der Waals surface area contributed by atoms with Gasteiger partial charge in [0.1, 0.15) is 5.75 Å². The molecule has 2 aromatic carbocycles. The van der Waals surface area contributed by atoms with Gasteiger partial charge in [0, 0.05) is 11.3 Å². The van der Waals surface area contributed by atoms with Gasteiger partial charge in [0.2, 0.25) is 0 Å². The monoisotopic (exact) mass is 384 g/mol. The molecule has 4 nitrogen and oxygen atoms in total. The third kappa shape index (κ3) is 6.07. The highest BCUT2D eigenvalue weighted by atomic mass is 32.1. The van der Waals surface area contributed by atoms with Crippen LogP contribution in [0.4, 0.5) is 5.69 Å². The number of para-hydroxylation sites is 1. The molecular weight excluding hydrogens is 356 g/mol. The molecule has 0 spiro atoms. The lowest BCUT2D eigenvalue weighted by Gasteiger charge is -2.17. The maximum atomic E-state index is 12.4. The molecule has 5 heteroatoms. The van der Waals surface area contributed by atoms with Crippen molar-refractivity contribution < 1.29 is 9.53 Å². The van der Waals surface area contributed by atoms with Gasteiger partial charge in [-0.05, 0) is 73.8 Å². The number of hydrogen-bond donors (Lipinski definition) is 2. The molecular formula is C22H28N2O2S. The number of amides is 1. The van der Waals surface area contributed by atoms with Crippen molar-refractivity contribution >= 4 is 28.9 Å². The molecule has 0 unspecified atom stereocenters. The van der Waals surface area contributed by atoms with E-state index < -0.39 is 0 Å². The van der Waals surface area contributed by atoms with E-state index in [1.807, 2.05) is 25.1 Å². The maximum absolute atomic E-state index is 12.4. The molecule has 0 aliphatic rings. The fraction of sp³-hybridized carbons (Fsp3) is 0.364. The molecule has 0 heterocycles. The Bertz CT molecular complexity index is 774. The Morgan fingerprint density at radius 3 is 2.33 bits per heavy atom. The van der Waals surface area contributed by atoms with Crippen molar-refractivity contribution in [3.05, 3.63) is 59.7 Å². The molecule has 2 atom stereocenters. The summed E-state index contributed by atoms with van der Waals surface area (Å²) in [6.07, 6.45) is 2.11. The van der Waals surface area contributed by atoms with E-state index in [2.05, 4.69) is 37.5 Å². The zero-order valence-electron chi connectivity index (χ0n) is 16.4. The van der Waals surface area contributed by atoms with Crippen molar-refractivity contribution in [2.75, 3.05) is 5.32 Å². The average Bonchev–Trinajstić information content (AvgIpc) is 2.68. The van der Waals surface area contributed by atoms with Gasteiger partial charge < -0.3 is 10.1 Å². The van der Waals surface area contributed by atoms with Crippen LogP contribution in [0.25, 0.3) is 0 Å². The number of ether oxygens (including phenoxy) is 1. The van der Waals surface area contributed by atoms with Crippen molar-refractivity contribution in [3.8, 4) is 5.75 Å². The van der Waals surface area contributed by atoms with Crippen LogP contribution < -0.4 is 15.4 Å². The van der Waals surface area contributed by atoms with Gasteiger partial charge in [-0.2, -0.15) is 0 Å². The van der Waals surface area contributed by atoms with Crippen LogP contribution in [0.15, 0.2) is 48.5 Å². The largest absolute Gasteiger partial charge is 0.491 e. The minimum absolute atomic E-state index is 0.145. The summed E-state index contributed by atoms with van der Waals surface area (Å²) in [7, 11) is 0. The first-order chi connectivity index (χ1) is 12.9. The Morgan fingerprint density at radius 1 is 1.04 bits per heavy atom. The average molecular weight is 385 g/mol. The van der Waals surface area contributed by atoms with E-state index in [-0.39, 0.29) is 17.1 Å². The van der Waals surface area contributed by atoms with E-state index in [0.29, 0.717) is 11.5 Å². The minimum atomic E-state index is -0.247. The van der Waals surface area contributed by atoms with E-state index in [1.54, 1.807) is 24.3 Å². The van der Waals surface area contributed by atoms with Gasteiger partial charge in [-0.1, -0.05) is 39.0 Å². The quantitative estimate of drug-likeness (QED) is 0.619. The molecule has 0 aliphatic carbocycles. The lowest BCUT2D eigenvalue weighted by atomic mass is 9.97. The van der Waals surface area contributed by atoms with E-state index in [4.69, 9.17) is 17.0 Å². The van der Waals surface area contributed by atoms with Crippen molar-refractivity contribution in [2.24, 2.45) is 0 Å². The zero-order valence-corrected chi connectivity index (χ0v) is 17.2. The molecule has 0 aliphatic heterocycles. The highest BCUT2D eigenvalue weighted by molar-refractivity contribution is 7.80. The number of carbonyl (C=O) groups is 1. The number of rotatable bonds is 7. The Morgan fingerprint density at radius 2 is 1.70 bits per heavy atom. The third-order valence-corrected chi connectivity index (χ3v) is 4.81. The molecule has 0 fully saturated rings. The van der Waals surface area contributed by atoms with E-state index in [0.717, 1.165) is 24.3 Å². The molecule has 0 radical (unpaired) electrons. The zero-order chi connectivity index (χ0) is 19.8. The number of anilines is 1. The molecule has 2 aromatic rings. The van der Waals surface area contributed by atoms with Crippen molar-refractivity contribution in [2.45, 2.75) is 52.6 Å². The molecule has 2 rings (SSSR count). The first kappa shape index (κ1) is 20.9. The predicted molar refractivity (Wildman–Crippen MR) is 116 cm³/mol. The molecule has 0 saturated carbocycles. The smallest absolute Gasteiger partial charge is 0.257 e. The second-order valence-electron chi connectivity index (χ2n) is 6.67. The number of nitrogens with one attached hydrogen (secondary N) is 2. The van der Waals surface area contributed by atoms with Crippen LogP contribution in [-0.2, 0) is 0 Å². The first-order valence-electron chi connectivity index (χ1n) is 9.42. The van der Waals surface area contributed by atoms with Gasteiger partial charge in [0.15, 0.2) is 5.11 Å². The number of hydrogen-bond acceptors (Lipinski definition) is 3. The van der Waals surface area contributed by atoms with Gasteiger partial charge >= 0.3 is 0 Å². The summed E-state index contributed by atoms with van der Waals surface area (Å²) in [6, 6.07) is 15.1. The predicted octanol–water partition coefficient (Wildman–Crippen LogP) is 5.50. The Balaban J connectivity index is 1.99. The molecule has 1 amide bonds. The molecule has 144 valence electrons. The maximum Gasteiger partial charge on any atom is 0.257 e. The number of benzene rings is 2. The van der Waals surface area contributed by atoms with Crippen LogP contribution in [0.2, 0.25) is 0 Å². The lowest BCUT2D eigenvalue weighted by molar-refractivity contribution is 0.0977. The van der Waals surface area contributed by atoms with E-state index >= 15 is 0 Å². The summed E-state index contributed by atoms with van der Waals surface area (Å²) in [5, 5.41) is 6.17.